The number of ether oxygens (including phenoxy) is 1. The number of halogens is 2. The topological polar surface area (TPSA) is 50.4 Å². The lowest BCUT2D eigenvalue weighted by molar-refractivity contribution is -0.115. The van der Waals surface area contributed by atoms with Gasteiger partial charge in [0.25, 0.3) is 0 Å². The van der Waals surface area contributed by atoms with Gasteiger partial charge in [-0.1, -0.05) is 29.3 Å². The second-order valence-electron chi connectivity index (χ2n) is 3.82. The van der Waals surface area contributed by atoms with E-state index in [1.165, 1.54) is 0 Å². The third-order valence-corrected chi connectivity index (χ3v) is 2.98. The first-order valence-corrected chi connectivity index (χ1v) is 6.27. The van der Waals surface area contributed by atoms with Gasteiger partial charge in [-0.05, 0) is 19.1 Å². The van der Waals surface area contributed by atoms with Crippen LogP contribution >= 0.6 is 23.2 Å². The predicted octanol–water partition coefficient (Wildman–Crippen LogP) is 2.56. The molecule has 0 fully saturated rings. The van der Waals surface area contributed by atoms with Crippen LogP contribution in [-0.4, -0.2) is 32.2 Å². The molecule has 100 valence electrons. The van der Waals surface area contributed by atoms with Crippen LogP contribution in [0.5, 0.6) is 0 Å². The molecule has 1 rings (SSSR count). The maximum atomic E-state index is 11.7. The van der Waals surface area contributed by atoms with Crippen LogP contribution in [-0.2, 0) is 9.53 Å². The number of carbonyl (C=O) groups excluding carboxylic acids is 1. The number of amides is 1. The SMILES string of the molecule is COC(C)CNCC(=O)Nc1c(Cl)cccc1Cl. The van der Waals surface area contributed by atoms with Gasteiger partial charge in [-0.25, -0.2) is 0 Å². The fourth-order valence-electron chi connectivity index (χ4n) is 1.27. The summed E-state index contributed by atoms with van der Waals surface area (Å²) in [5.41, 5.74) is 0.437. The van der Waals surface area contributed by atoms with Gasteiger partial charge in [0.05, 0.1) is 28.4 Å². The standard InChI is InChI=1S/C12H16Cl2N2O2/c1-8(18-2)6-15-7-11(17)16-12-9(13)4-3-5-10(12)14/h3-5,8,15H,6-7H2,1-2H3,(H,16,17). The van der Waals surface area contributed by atoms with Crippen LogP contribution in [0.1, 0.15) is 6.92 Å². The fraction of sp³-hybridized carbons (Fsp3) is 0.417. The lowest BCUT2D eigenvalue weighted by atomic mass is 10.3. The maximum Gasteiger partial charge on any atom is 0.238 e. The second kappa shape index (κ2) is 7.59. The van der Waals surface area contributed by atoms with Crippen molar-refractivity contribution in [3.63, 3.8) is 0 Å². The molecule has 4 nitrogen and oxygen atoms in total. The Hall–Kier alpha value is -0.810. The number of para-hydroxylation sites is 1. The highest BCUT2D eigenvalue weighted by molar-refractivity contribution is 6.39. The summed E-state index contributed by atoms with van der Waals surface area (Å²) in [5.74, 6) is -0.201. The van der Waals surface area contributed by atoms with Crippen LogP contribution in [0.15, 0.2) is 18.2 Å². The van der Waals surface area contributed by atoms with E-state index in [1.54, 1.807) is 25.3 Å². The van der Waals surface area contributed by atoms with Gasteiger partial charge >= 0.3 is 0 Å². The molecule has 1 unspecified atom stereocenters. The third-order valence-electron chi connectivity index (χ3n) is 2.35. The highest BCUT2D eigenvalue weighted by atomic mass is 35.5. The van der Waals surface area contributed by atoms with Crippen LogP contribution in [0.3, 0.4) is 0 Å². The molecule has 1 atom stereocenters. The highest BCUT2D eigenvalue weighted by Crippen LogP contribution is 2.29. The molecule has 1 amide bonds. The van der Waals surface area contributed by atoms with Crippen molar-refractivity contribution < 1.29 is 9.53 Å². The van der Waals surface area contributed by atoms with Crippen molar-refractivity contribution in [1.29, 1.82) is 0 Å². The number of benzene rings is 1. The Morgan fingerprint density at radius 3 is 2.56 bits per heavy atom. The van der Waals surface area contributed by atoms with Gasteiger partial charge < -0.3 is 15.4 Å². The van der Waals surface area contributed by atoms with E-state index in [9.17, 15) is 4.79 Å². The highest BCUT2D eigenvalue weighted by Gasteiger charge is 2.09. The number of rotatable bonds is 6. The van der Waals surface area contributed by atoms with Crippen molar-refractivity contribution in [1.82, 2.24) is 5.32 Å². The number of carbonyl (C=O) groups is 1. The quantitative estimate of drug-likeness (QED) is 0.847. The van der Waals surface area contributed by atoms with Gasteiger partial charge in [0, 0.05) is 13.7 Å². The monoisotopic (exact) mass is 290 g/mol. The zero-order valence-electron chi connectivity index (χ0n) is 10.3. The molecule has 0 bridgehead atoms. The van der Waals surface area contributed by atoms with Crippen molar-refractivity contribution in [2.75, 3.05) is 25.5 Å². The number of methoxy groups -OCH3 is 1. The molecule has 0 heterocycles. The smallest absolute Gasteiger partial charge is 0.238 e. The Kier molecular flexibility index (Phi) is 6.43. The first kappa shape index (κ1) is 15.2. The van der Waals surface area contributed by atoms with Crippen molar-refractivity contribution >= 4 is 34.8 Å². The minimum absolute atomic E-state index is 0.0571. The van der Waals surface area contributed by atoms with E-state index in [-0.39, 0.29) is 18.6 Å². The number of hydrogen-bond donors (Lipinski definition) is 2. The Morgan fingerprint density at radius 2 is 2.00 bits per heavy atom. The average Bonchev–Trinajstić information content (AvgIpc) is 2.34. The molecule has 6 heteroatoms. The molecule has 0 spiro atoms. The Balaban J connectivity index is 2.45. The number of hydrogen-bond acceptors (Lipinski definition) is 3. The number of anilines is 1. The van der Waals surface area contributed by atoms with Gasteiger partial charge in [-0.3, -0.25) is 4.79 Å². The molecular weight excluding hydrogens is 275 g/mol. The minimum Gasteiger partial charge on any atom is -0.380 e. The van der Waals surface area contributed by atoms with Gasteiger partial charge in [0.2, 0.25) is 5.91 Å². The summed E-state index contributed by atoms with van der Waals surface area (Å²) < 4.78 is 5.05. The average molecular weight is 291 g/mol. The molecule has 1 aromatic carbocycles. The van der Waals surface area contributed by atoms with Crippen molar-refractivity contribution in [3.05, 3.63) is 28.2 Å². The van der Waals surface area contributed by atoms with E-state index in [4.69, 9.17) is 27.9 Å². The van der Waals surface area contributed by atoms with E-state index in [1.807, 2.05) is 6.92 Å². The van der Waals surface area contributed by atoms with Crippen LogP contribution in [0.4, 0.5) is 5.69 Å². The molecule has 0 aliphatic heterocycles. The van der Waals surface area contributed by atoms with Crippen molar-refractivity contribution in [2.45, 2.75) is 13.0 Å². The molecule has 2 N–H and O–H groups in total. The lowest BCUT2D eigenvalue weighted by Crippen LogP contribution is -2.33. The molecule has 0 saturated heterocycles. The van der Waals surface area contributed by atoms with Gasteiger partial charge in [-0.2, -0.15) is 0 Å². The van der Waals surface area contributed by atoms with Crippen LogP contribution in [0.25, 0.3) is 0 Å². The van der Waals surface area contributed by atoms with Gasteiger partial charge in [0.1, 0.15) is 0 Å². The summed E-state index contributed by atoms with van der Waals surface area (Å²) in [6.07, 6.45) is 0.0571. The zero-order valence-corrected chi connectivity index (χ0v) is 11.8. The van der Waals surface area contributed by atoms with E-state index in [0.717, 1.165) is 0 Å². The Bertz CT molecular complexity index is 393. The molecule has 18 heavy (non-hydrogen) atoms. The van der Waals surface area contributed by atoms with Crippen molar-refractivity contribution in [3.8, 4) is 0 Å². The summed E-state index contributed by atoms with van der Waals surface area (Å²) in [4.78, 5) is 11.7. The van der Waals surface area contributed by atoms with E-state index in [2.05, 4.69) is 10.6 Å². The molecule has 1 aromatic rings. The fourth-order valence-corrected chi connectivity index (χ4v) is 1.77. The van der Waals surface area contributed by atoms with Crippen LogP contribution in [0.2, 0.25) is 10.0 Å². The van der Waals surface area contributed by atoms with Gasteiger partial charge in [-0.15, -0.1) is 0 Å². The van der Waals surface area contributed by atoms with E-state index in [0.29, 0.717) is 22.3 Å². The summed E-state index contributed by atoms with van der Waals surface area (Å²) in [7, 11) is 1.62. The van der Waals surface area contributed by atoms with E-state index >= 15 is 0 Å². The normalized spacial score (nSPS) is 12.2. The summed E-state index contributed by atoms with van der Waals surface area (Å²) in [6.45, 7) is 2.69. The molecule has 0 saturated carbocycles. The van der Waals surface area contributed by atoms with E-state index < -0.39 is 0 Å². The third kappa shape index (κ3) is 4.82. The molecule has 0 aliphatic rings. The zero-order chi connectivity index (χ0) is 13.5. The maximum absolute atomic E-state index is 11.7. The predicted molar refractivity (Wildman–Crippen MR) is 74.4 cm³/mol. The van der Waals surface area contributed by atoms with Crippen LogP contribution < -0.4 is 10.6 Å². The number of nitrogens with one attached hydrogen (secondary N) is 2. The Labute approximate surface area is 117 Å². The summed E-state index contributed by atoms with van der Waals surface area (Å²) in [5, 5.41) is 6.47. The molecule has 0 radical (unpaired) electrons. The second-order valence-corrected chi connectivity index (χ2v) is 4.64. The minimum atomic E-state index is -0.201. The van der Waals surface area contributed by atoms with Gasteiger partial charge in [0.15, 0.2) is 0 Å². The molecule has 0 aliphatic carbocycles. The summed E-state index contributed by atoms with van der Waals surface area (Å²) in [6, 6.07) is 5.06. The molecule has 0 aromatic heterocycles. The first-order chi connectivity index (χ1) is 8.54. The lowest BCUT2D eigenvalue weighted by Gasteiger charge is -2.12. The first-order valence-electron chi connectivity index (χ1n) is 5.52. The van der Waals surface area contributed by atoms with Crippen molar-refractivity contribution in [2.24, 2.45) is 0 Å². The largest absolute Gasteiger partial charge is 0.380 e. The van der Waals surface area contributed by atoms with Crippen LogP contribution in [0, 0.1) is 0 Å². The Morgan fingerprint density at radius 1 is 1.39 bits per heavy atom. The summed E-state index contributed by atoms with van der Waals surface area (Å²) >= 11 is 11.9. The molecular formula is C12H16Cl2N2O2.